The summed E-state index contributed by atoms with van der Waals surface area (Å²) in [7, 11) is 1.52. The fourth-order valence-electron chi connectivity index (χ4n) is 2.37. The number of methoxy groups -OCH3 is 1. The highest BCUT2D eigenvalue weighted by Gasteiger charge is 2.17. The minimum atomic E-state index is -0.437. The van der Waals surface area contributed by atoms with Crippen molar-refractivity contribution in [3.63, 3.8) is 0 Å². The van der Waals surface area contributed by atoms with Crippen LogP contribution in [0, 0.1) is 10.1 Å². The van der Waals surface area contributed by atoms with Gasteiger partial charge in [-0.2, -0.15) is 0 Å². The van der Waals surface area contributed by atoms with Crippen molar-refractivity contribution >= 4 is 5.69 Å². The Hall–Kier alpha value is -1.82. The molecule has 1 atom stereocenters. The molecule has 1 saturated heterocycles. The molecule has 0 aliphatic carbocycles. The standard InChI is InChI=1S/C14H20N2O4/c1-19-12-5-6-13(16(17)18)14(10-12)20-9-7-11-4-2-3-8-15-11/h5-6,10-11,15H,2-4,7-9H2,1H3. The zero-order chi connectivity index (χ0) is 14.4. The van der Waals surface area contributed by atoms with Gasteiger partial charge in [0, 0.05) is 18.2 Å². The monoisotopic (exact) mass is 280 g/mol. The van der Waals surface area contributed by atoms with E-state index in [1.807, 2.05) is 0 Å². The molecule has 1 unspecified atom stereocenters. The molecule has 110 valence electrons. The van der Waals surface area contributed by atoms with E-state index in [9.17, 15) is 10.1 Å². The highest BCUT2D eigenvalue weighted by Crippen LogP contribution is 2.31. The minimum Gasteiger partial charge on any atom is -0.497 e. The van der Waals surface area contributed by atoms with Gasteiger partial charge in [-0.15, -0.1) is 0 Å². The lowest BCUT2D eigenvalue weighted by molar-refractivity contribution is -0.385. The normalized spacial score (nSPS) is 18.6. The Kier molecular flexibility index (Phi) is 5.17. The first-order valence-corrected chi connectivity index (χ1v) is 6.89. The molecule has 0 bridgehead atoms. The quantitative estimate of drug-likeness (QED) is 0.640. The van der Waals surface area contributed by atoms with Crippen molar-refractivity contribution in [2.24, 2.45) is 0 Å². The van der Waals surface area contributed by atoms with Crippen LogP contribution in [0.4, 0.5) is 5.69 Å². The Labute approximate surface area is 118 Å². The Bertz CT molecular complexity index is 458. The van der Waals surface area contributed by atoms with Crippen LogP contribution in [0.3, 0.4) is 0 Å². The van der Waals surface area contributed by atoms with Gasteiger partial charge in [-0.3, -0.25) is 10.1 Å². The van der Waals surface area contributed by atoms with E-state index in [1.165, 1.54) is 26.0 Å². The molecular formula is C14H20N2O4. The molecule has 1 aliphatic heterocycles. The van der Waals surface area contributed by atoms with Crippen molar-refractivity contribution in [3.8, 4) is 11.5 Å². The second-order valence-corrected chi connectivity index (χ2v) is 4.87. The number of piperidine rings is 1. The van der Waals surface area contributed by atoms with E-state index < -0.39 is 4.92 Å². The van der Waals surface area contributed by atoms with E-state index in [4.69, 9.17) is 9.47 Å². The van der Waals surface area contributed by atoms with Crippen LogP contribution >= 0.6 is 0 Å². The number of nitrogens with one attached hydrogen (secondary N) is 1. The maximum absolute atomic E-state index is 11.0. The molecule has 0 amide bonds. The topological polar surface area (TPSA) is 73.6 Å². The number of hydrogen-bond acceptors (Lipinski definition) is 5. The van der Waals surface area contributed by atoms with Gasteiger partial charge >= 0.3 is 5.69 Å². The zero-order valence-electron chi connectivity index (χ0n) is 11.6. The van der Waals surface area contributed by atoms with E-state index in [1.54, 1.807) is 12.1 Å². The second-order valence-electron chi connectivity index (χ2n) is 4.87. The summed E-state index contributed by atoms with van der Waals surface area (Å²) in [5.74, 6) is 0.826. The number of hydrogen-bond donors (Lipinski definition) is 1. The third-order valence-electron chi connectivity index (χ3n) is 3.50. The van der Waals surface area contributed by atoms with Crippen molar-refractivity contribution in [2.45, 2.75) is 31.7 Å². The Morgan fingerprint density at radius 1 is 1.45 bits per heavy atom. The summed E-state index contributed by atoms with van der Waals surface area (Å²) in [6.07, 6.45) is 4.45. The fourth-order valence-corrected chi connectivity index (χ4v) is 2.37. The molecule has 1 aliphatic rings. The van der Waals surface area contributed by atoms with Gasteiger partial charge in [0.25, 0.3) is 0 Å². The maximum atomic E-state index is 11.0. The summed E-state index contributed by atoms with van der Waals surface area (Å²) in [5, 5.41) is 14.4. The van der Waals surface area contributed by atoms with Gasteiger partial charge < -0.3 is 14.8 Å². The van der Waals surface area contributed by atoms with E-state index in [0.717, 1.165) is 19.4 Å². The van der Waals surface area contributed by atoms with Gasteiger partial charge in [-0.25, -0.2) is 0 Å². The molecule has 6 heteroatoms. The van der Waals surface area contributed by atoms with Gasteiger partial charge in [0.15, 0.2) is 0 Å². The lowest BCUT2D eigenvalue weighted by Crippen LogP contribution is -2.35. The number of nitrogens with zero attached hydrogens (tertiary/aromatic N) is 1. The molecule has 1 aromatic rings. The average molecular weight is 280 g/mol. The van der Waals surface area contributed by atoms with Gasteiger partial charge in [0.2, 0.25) is 5.75 Å². The highest BCUT2D eigenvalue weighted by atomic mass is 16.6. The third-order valence-corrected chi connectivity index (χ3v) is 3.50. The molecule has 0 radical (unpaired) electrons. The first-order chi connectivity index (χ1) is 9.70. The summed E-state index contributed by atoms with van der Waals surface area (Å²) in [6, 6.07) is 4.99. The summed E-state index contributed by atoms with van der Waals surface area (Å²) in [5.41, 5.74) is -0.0256. The van der Waals surface area contributed by atoms with Crippen LogP contribution in [0.25, 0.3) is 0 Å². The number of ether oxygens (including phenoxy) is 2. The van der Waals surface area contributed by atoms with Crippen LogP contribution in [0.15, 0.2) is 18.2 Å². The molecule has 20 heavy (non-hydrogen) atoms. The van der Waals surface area contributed by atoms with Crippen LogP contribution in [-0.4, -0.2) is 31.2 Å². The van der Waals surface area contributed by atoms with Crippen molar-refractivity contribution in [1.82, 2.24) is 5.32 Å². The number of benzene rings is 1. The Balaban J connectivity index is 1.94. The SMILES string of the molecule is COc1ccc([N+](=O)[O-])c(OCCC2CCCCN2)c1. The summed E-state index contributed by atoms with van der Waals surface area (Å²) in [6.45, 7) is 1.51. The predicted molar refractivity (Wildman–Crippen MR) is 75.4 cm³/mol. The first kappa shape index (κ1) is 14.6. The first-order valence-electron chi connectivity index (χ1n) is 6.89. The van der Waals surface area contributed by atoms with E-state index in [-0.39, 0.29) is 11.4 Å². The highest BCUT2D eigenvalue weighted by molar-refractivity contribution is 5.50. The molecular weight excluding hydrogens is 260 g/mol. The summed E-state index contributed by atoms with van der Waals surface area (Å²) in [4.78, 5) is 10.5. The summed E-state index contributed by atoms with van der Waals surface area (Å²) < 4.78 is 10.7. The van der Waals surface area contributed by atoms with Gasteiger partial charge in [-0.05, 0) is 31.9 Å². The van der Waals surface area contributed by atoms with Crippen LogP contribution in [-0.2, 0) is 0 Å². The molecule has 0 aromatic heterocycles. The summed E-state index contributed by atoms with van der Waals surface area (Å²) >= 11 is 0. The lowest BCUT2D eigenvalue weighted by atomic mass is 10.0. The molecule has 1 fully saturated rings. The Morgan fingerprint density at radius 2 is 2.30 bits per heavy atom. The Morgan fingerprint density at radius 3 is 2.95 bits per heavy atom. The molecule has 6 nitrogen and oxygen atoms in total. The van der Waals surface area contributed by atoms with Crippen LogP contribution in [0.5, 0.6) is 11.5 Å². The van der Waals surface area contributed by atoms with E-state index >= 15 is 0 Å². The van der Waals surface area contributed by atoms with Crippen LogP contribution < -0.4 is 14.8 Å². The van der Waals surface area contributed by atoms with E-state index in [2.05, 4.69) is 5.32 Å². The minimum absolute atomic E-state index is 0.0256. The van der Waals surface area contributed by atoms with Gasteiger partial charge in [0.1, 0.15) is 5.75 Å². The molecule has 0 saturated carbocycles. The second kappa shape index (κ2) is 7.09. The molecule has 1 heterocycles. The average Bonchev–Trinajstić information content (AvgIpc) is 2.48. The van der Waals surface area contributed by atoms with Crippen molar-refractivity contribution < 1.29 is 14.4 Å². The molecule has 0 spiro atoms. The number of rotatable bonds is 6. The number of nitro groups is 1. The van der Waals surface area contributed by atoms with Crippen molar-refractivity contribution in [1.29, 1.82) is 0 Å². The molecule has 2 rings (SSSR count). The zero-order valence-corrected chi connectivity index (χ0v) is 11.6. The smallest absolute Gasteiger partial charge is 0.311 e. The van der Waals surface area contributed by atoms with Crippen molar-refractivity contribution in [2.75, 3.05) is 20.3 Å². The van der Waals surface area contributed by atoms with Crippen LogP contribution in [0.1, 0.15) is 25.7 Å². The molecule has 1 aromatic carbocycles. The largest absolute Gasteiger partial charge is 0.497 e. The maximum Gasteiger partial charge on any atom is 0.311 e. The fraction of sp³-hybridized carbons (Fsp3) is 0.571. The van der Waals surface area contributed by atoms with Gasteiger partial charge in [-0.1, -0.05) is 6.42 Å². The van der Waals surface area contributed by atoms with Crippen LogP contribution in [0.2, 0.25) is 0 Å². The van der Waals surface area contributed by atoms with E-state index in [0.29, 0.717) is 18.4 Å². The van der Waals surface area contributed by atoms with Gasteiger partial charge in [0.05, 0.1) is 18.6 Å². The van der Waals surface area contributed by atoms with Crippen molar-refractivity contribution in [3.05, 3.63) is 28.3 Å². The molecule has 1 N–H and O–H groups in total. The number of nitro benzene ring substituents is 1. The predicted octanol–water partition coefficient (Wildman–Crippen LogP) is 2.51. The third kappa shape index (κ3) is 3.84. The lowest BCUT2D eigenvalue weighted by Gasteiger charge is -2.23.